The second-order valence-corrected chi connectivity index (χ2v) is 7.63. The van der Waals surface area contributed by atoms with Gasteiger partial charge in [-0.2, -0.15) is 5.10 Å². The number of ether oxygens (including phenoxy) is 2. The summed E-state index contributed by atoms with van der Waals surface area (Å²) in [5.41, 5.74) is 2.86. The molecule has 0 bridgehead atoms. The summed E-state index contributed by atoms with van der Waals surface area (Å²) in [4.78, 5) is 0. The fourth-order valence-electron chi connectivity index (χ4n) is 3.75. The highest BCUT2D eigenvalue weighted by molar-refractivity contribution is 6.02. The highest BCUT2D eigenvalue weighted by atomic mass is 16.5. The van der Waals surface area contributed by atoms with Crippen LogP contribution in [0.3, 0.4) is 0 Å². The fraction of sp³-hybridized carbons (Fsp3) is 0.318. The first-order chi connectivity index (χ1) is 12.8. The Morgan fingerprint density at radius 3 is 2.63 bits per heavy atom. The van der Waals surface area contributed by atoms with Crippen molar-refractivity contribution in [3.8, 4) is 11.5 Å². The molecular formula is C22H25N3O2. The van der Waals surface area contributed by atoms with Crippen molar-refractivity contribution < 1.29 is 9.47 Å². The first-order valence-electron chi connectivity index (χ1n) is 9.05. The summed E-state index contributed by atoms with van der Waals surface area (Å²) >= 11 is 0. The lowest BCUT2D eigenvalue weighted by Crippen LogP contribution is -2.28. The van der Waals surface area contributed by atoms with E-state index < -0.39 is 0 Å². The molecule has 140 valence electrons. The minimum Gasteiger partial charge on any atom is -0.496 e. The number of hydrogen-bond acceptors (Lipinski definition) is 4. The summed E-state index contributed by atoms with van der Waals surface area (Å²) in [6, 6.07) is 10.3. The first-order valence-corrected chi connectivity index (χ1v) is 9.05. The maximum absolute atomic E-state index is 6.24. The van der Waals surface area contributed by atoms with Gasteiger partial charge in [0.2, 0.25) is 0 Å². The van der Waals surface area contributed by atoms with E-state index >= 15 is 0 Å². The predicted octanol–water partition coefficient (Wildman–Crippen LogP) is 3.90. The van der Waals surface area contributed by atoms with E-state index in [-0.39, 0.29) is 5.60 Å². The SMILES string of the molecule is COc1cc2c(c3c1/c(=N\N(C)C)c1ccccc1n3C)C=CC(C)(C)O2. The zero-order valence-electron chi connectivity index (χ0n) is 16.7. The van der Waals surface area contributed by atoms with Crippen molar-refractivity contribution >= 4 is 27.9 Å². The Morgan fingerprint density at radius 2 is 1.93 bits per heavy atom. The number of benzene rings is 2. The van der Waals surface area contributed by atoms with E-state index in [9.17, 15) is 0 Å². The van der Waals surface area contributed by atoms with Crippen LogP contribution in [-0.2, 0) is 7.05 Å². The molecule has 0 saturated carbocycles. The van der Waals surface area contributed by atoms with Crippen molar-refractivity contribution in [1.29, 1.82) is 0 Å². The van der Waals surface area contributed by atoms with E-state index in [1.54, 1.807) is 7.11 Å². The van der Waals surface area contributed by atoms with Crippen LogP contribution in [-0.4, -0.2) is 36.4 Å². The van der Waals surface area contributed by atoms with Gasteiger partial charge in [-0.15, -0.1) is 0 Å². The van der Waals surface area contributed by atoms with Gasteiger partial charge in [0.25, 0.3) is 0 Å². The largest absolute Gasteiger partial charge is 0.496 e. The maximum Gasteiger partial charge on any atom is 0.134 e. The van der Waals surface area contributed by atoms with Crippen LogP contribution in [0.4, 0.5) is 0 Å². The Hall–Kier alpha value is -2.95. The maximum atomic E-state index is 6.24. The molecule has 0 aliphatic carbocycles. The molecule has 1 aromatic heterocycles. The number of para-hydroxylation sites is 1. The lowest BCUT2D eigenvalue weighted by Gasteiger charge is -2.29. The quantitative estimate of drug-likeness (QED) is 0.512. The minimum absolute atomic E-state index is 0.349. The number of methoxy groups -OCH3 is 1. The lowest BCUT2D eigenvalue weighted by molar-refractivity contribution is 0.159. The molecule has 2 aromatic carbocycles. The molecule has 0 saturated heterocycles. The zero-order chi connectivity index (χ0) is 19.3. The van der Waals surface area contributed by atoms with Crippen LogP contribution in [0, 0.1) is 0 Å². The van der Waals surface area contributed by atoms with Crippen LogP contribution >= 0.6 is 0 Å². The molecule has 2 heterocycles. The molecule has 4 rings (SSSR count). The van der Waals surface area contributed by atoms with E-state index in [4.69, 9.17) is 14.6 Å². The van der Waals surface area contributed by atoms with Crippen LogP contribution in [0.2, 0.25) is 0 Å². The summed E-state index contributed by atoms with van der Waals surface area (Å²) in [6.45, 7) is 4.10. The van der Waals surface area contributed by atoms with E-state index in [1.165, 1.54) is 0 Å². The first kappa shape index (κ1) is 17.5. The number of fused-ring (bicyclic) bond motifs is 4. The van der Waals surface area contributed by atoms with Gasteiger partial charge in [-0.25, -0.2) is 0 Å². The third kappa shape index (κ3) is 2.74. The van der Waals surface area contributed by atoms with Crippen LogP contribution in [0.15, 0.2) is 41.5 Å². The molecule has 0 spiro atoms. The Morgan fingerprint density at radius 1 is 1.19 bits per heavy atom. The lowest BCUT2D eigenvalue weighted by atomic mass is 9.98. The average Bonchev–Trinajstić information content (AvgIpc) is 2.62. The van der Waals surface area contributed by atoms with E-state index in [0.29, 0.717) is 0 Å². The minimum atomic E-state index is -0.349. The number of nitrogens with zero attached hydrogens (tertiary/aromatic N) is 3. The standard InChI is InChI=1S/C22H25N3O2/c1-22(2)12-11-15-17(27-22)13-18(26-6)19-20(23-24(3)4)14-9-7-8-10-16(14)25(5)21(15)19/h7-13H,1-6H3/b23-20-. The highest BCUT2D eigenvalue weighted by Gasteiger charge is 2.26. The molecule has 3 aromatic rings. The fourth-order valence-corrected chi connectivity index (χ4v) is 3.75. The molecule has 0 N–H and O–H groups in total. The van der Waals surface area contributed by atoms with E-state index in [1.807, 2.05) is 31.2 Å². The average molecular weight is 363 g/mol. The molecule has 0 radical (unpaired) electrons. The van der Waals surface area contributed by atoms with E-state index in [2.05, 4.69) is 55.8 Å². The molecular weight excluding hydrogens is 338 g/mol. The highest BCUT2D eigenvalue weighted by Crippen LogP contribution is 2.40. The van der Waals surface area contributed by atoms with Gasteiger partial charge in [0.05, 0.1) is 23.5 Å². The summed E-state index contributed by atoms with van der Waals surface area (Å²) in [5.74, 6) is 1.59. The van der Waals surface area contributed by atoms with Gasteiger partial charge in [-0.3, -0.25) is 0 Å². The van der Waals surface area contributed by atoms with Crippen molar-refractivity contribution in [1.82, 2.24) is 9.58 Å². The van der Waals surface area contributed by atoms with Gasteiger partial charge in [0.1, 0.15) is 22.5 Å². The molecule has 1 aliphatic rings. The summed E-state index contributed by atoms with van der Waals surface area (Å²) < 4.78 is 14.2. The van der Waals surface area contributed by atoms with Gasteiger partial charge in [0.15, 0.2) is 0 Å². The van der Waals surface area contributed by atoms with Crippen molar-refractivity contribution in [2.75, 3.05) is 21.2 Å². The number of rotatable bonds is 2. The smallest absolute Gasteiger partial charge is 0.134 e. The second-order valence-electron chi connectivity index (χ2n) is 7.63. The third-order valence-corrected chi connectivity index (χ3v) is 4.90. The normalized spacial score (nSPS) is 15.7. The van der Waals surface area contributed by atoms with Crippen LogP contribution in [0.25, 0.3) is 27.9 Å². The second kappa shape index (κ2) is 6.05. The Bertz CT molecular complexity index is 1150. The van der Waals surface area contributed by atoms with Gasteiger partial charge >= 0.3 is 0 Å². The van der Waals surface area contributed by atoms with Crippen molar-refractivity contribution in [3.63, 3.8) is 0 Å². The summed E-state index contributed by atoms with van der Waals surface area (Å²) in [7, 11) is 7.64. The summed E-state index contributed by atoms with van der Waals surface area (Å²) in [6.07, 6.45) is 4.24. The molecule has 27 heavy (non-hydrogen) atoms. The van der Waals surface area contributed by atoms with E-state index in [0.717, 1.165) is 44.2 Å². The topological polar surface area (TPSA) is 39.0 Å². The molecule has 0 atom stereocenters. The summed E-state index contributed by atoms with van der Waals surface area (Å²) in [5, 5.41) is 9.62. The van der Waals surface area contributed by atoms with Crippen LogP contribution in [0.5, 0.6) is 11.5 Å². The number of aryl methyl sites for hydroxylation is 1. The Kier molecular flexibility index (Phi) is 3.91. The molecule has 0 unspecified atom stereocenters. The molecule has 1 aliphatic heterocycles. The molecule has 5 nitrogen and oxygen atoms in total. The van der Waals surface area contributed by atoms with Crippen molar-refractivity contribution in [2.45, 2.75) is 19.4 Å². The van der Waals surface area contributed by atoms with Crippen LogP contribution < -0.4 is 14.8 Å². The monoisotopic (exact) mass is 363 g/mol. The number of hydrogen-bond donors (Lipinski definition) is 0. The van der Waals surface area contributed by atoms with Crippen molar-refractivity contribution in [2.24, 2.45) is 12.1 Å². The van der Waals surface area contributed by atoms with Crippen LogP contribution in [0.1, 0.15) is 19.4 Å². The third-order valence-electron chi connectivity index (χ3n) is 4.90. The van der Waals surface area contributed by atoms with Crippen molar-refractivity contribution in [3.05, 3.63) is 47.3 Å². The molecule has 5 heteroatoms. The number of pyridine rings is 1. The predicted molar refractivity (Wildman–Crippen MR) is 110 cm³/mol. The number of aromatic nitrogens is 1. The zero-order valence-corrected chi connectivity index (χ0v) is 16.7. The van der Waals surface area contributed by atoms with Gasteiger partial charge in [-0.1, -0.05) is 18.2 Å². The Labute approximate surface area is 159 Å². The van der Waals surface area contributed by atoms with Gasteiger partial charge in [-0.05, 0) is 32.1 Å². The molecule has 0 amide bonds. The Balaban J connectivity index is 2.30. The molecule has 0 fully saturated rings. The van der Waals surface area contributed by atoms with Gasteiger partial charge < -0.3 is 19.0 Å². The van der Waals surface area contributed by atoms with Gasteiger partial charge in [0, 0.05) is 38.2 Å².